The van der Waals surface area contributed by atoms with Crippen molar-refractivity contribution in [3.05, 3.63) is 58.1 Å². The molecule has 1 atom stereocenters. The van der Waals surface area contributed by atoms with Crippen LogP contribution in [0.3, 0.4) is 0 Å². The Morgan fingerprint density at radius 3 is 1.72 bits per heavy atom. The first kappa shape index (κ1) is 25.9. The maximum atomic E-state index is 14.3. The smallest absolute Gasteiger partial charge is 0.236 e. The normalized spacial score (nSPS) is 13.6. The van der Waals surface area contributed by atoms with E-state index in [1.54, 1.807) is 18.2 Å². The third-order valence-corrected chi connectivity index (χ3v) is 8.54. The first-order valence-electron chi connectivity index (χ1n) is 10.8. The van der Waals surface area contributed by atoms with Gasteiger partial charge in [-0.25, -0.2) is 0 Å². The van der Waals surface area contributed by atoms with Crippen LogP contribution in [0.2, 0.25) is 0 Å². The third-order valence-electron chi connectivity index (χ3n) is 5.53. The van der Waals surface area contributed by atoms with E-state index in [9.17, 15) is 14.2 Å². The van der Waals surface area contributed by atoms with Crippen LogP contribution in [-0.4, -0.2) is 31.4 Å². The van der Waals surface area contributed by atoms with Crippen molar-refractivity contribution in [2.45, 2.75) is 53.9 Å². The Bertz CT molecular complexity index is 1030. The number of carbonyl (C=O) groups excluding carboxylic acids is 2. The molecule has 0 aliphatic rings. The van der Waals surface area contributed by atoms with Crippen molar-refractivity contribution in [2.24, 2.45) is 5.92 Å². The molecule has 0 amide bonds. The molecule has 174 valence electrons. The summed E-state index contributed by atoms with van der Waals surface area (Å²) in [6.07, 6.45) is -0.0221. The largest absolute Gasteiger partial charge is 0.496 e. The van der Waals surface area contributed by atoms with Crippen LogP contribution in [0.5, 0.6) is 11.5 Å². The summed E-state index contributed by atoms with van der Waals surface area (Å²) in [5.74, 6) is 0.356. The molecule has 0 saturated carbocycles. The number of hydrogen-bond donors (Lipinski definition) is 0. The van der Waals surface area contributed by atoms with Crippen LogP contribution < -0.4 is 9.47 Å². The fourth-order valence-corrected chi connectivity index (χ4v) is 6.77. The minimum absolute atomic E-state index is 0.0221. The SMILES string of the molecule is COc1cccc(OC)c1C(=O)P(=O)(CC(C)C)C(=O)c1c(C)cc(C(C)(C)C)cc1C. The monoisotopic (exact) mass is 458 g/mol. The van der Waals surface area contributed by atoms with Gasteiger partial charge in [0.2, 0.25) is 18.2 Å². The first-order chi connectivity index (χ1) is 14.8. The first-order valence-corrected chi connectivity index (χ1v) is 12.7. The van der Waals surface area contributed by atoms with Gasteiger partial charge in [0.25, 0.3) is 0 Å². The molecule has 32 heavy (non-hydrogen) atoms. The van der Waals surface area contributed by atoms with Crippen LogP contribution >= 0.6 is 7.14 Å². The van der Waals surface area contributed by atoms with Gasteiger partial charge in [-0.3, -0.25) is 9.59 Å². The maximum absolute atomic E-state index is 14.3. The van der Waals surface area contributed by atoms with Gasteiger partial charge in [-0.05, 0) is 54.0 Å². The van der Waals surface area contributed by atoms with E-state index in [-0.39, 0.29) is 34.6 Å². The van der Waals surface area contributed by atoms with E-state index in [0.29, 0.717) is 5.56 Å². The summed E-state index contributed by atoms with van der Waals surface area (Å²) in [7, 11) is -1.17. The summed E-state index contributed by atoms with van der Waals surface area (Å²) in [5.41, 5.74) is 1.54. The van der Waals surface area contributed by atoms with Gasteiger partial charge in [0.05, 0.1) is 14.2 Å². The number of hydrogen-bond acceptors (Lipinski definition) is 5. The van der Waals surface area contributed by atoms with Gasteiger partial charge in [0.1, 0.15) is 17.1 Å². The van der Waals surface area contributed by atoms with Gasteiger partial charge in [0.15, 0.2) is 0 Å². The predicted octanol–water partition coefficient (Wildman–Crippen LogP) is 6.62. The molecule has 0 heterocycles. The fraction of sp³-hybridized carbons (Fsp3) is 0.462. The Hall–Kier alpha value is -2.39. The zero-order valence-electron chi connectivity index (χ0n) is 20.7. The molecule has 0 aromatic heterocycles. The van der Waals surface area contributed by atoms with E-state index >= 15 is 0 Å². The van der Waals surface area contributed by atoms with Crippen molar-refractivity contribution < 1.29 is 23.6 Å². The Morgan fingerprint density at radius 2 is 1.34 bits per heavy atom. The summed E-state index contributed by atoms with van der Waals surface area (Å²) in [4.78, 5) is 27.6. The Morgan fingerprint density at radius 1 is 0.906 bits per heavy atom. The van der Waals surface area contributed by atoms with Crippen molar-refractivity contribution in [1.29, 1.82) is 0 Å². The molecule has 2 aromatic carbocycles. The van der Waals surface area contributed by atoms with E-state index in [1.807, 2.05) is 39.8 Å². The average molecular weight is 459 g/mol. The van der Waals surface area contributed by atoms with E-state index < -0.39 is 18.2 Å². The van der Waals surface area contributed by atoms with Gasteiger partial charge in [0, 0.05) is 11.7 Å². The lowest BCUT2D eigenvalue weighted by Crippen LogP contribution is -2.20. The minimum atomic E-state index is -4.03. The lowest BCUT2D eigenvalue weighted by atomic mass is 9.84. The molecule has 0 bridgehead atoms. The highest BCUT2D eigenvalue weighted by molar-refractivity contribution is 7.95. The van der Waals surface area contributed by atoms with Crippen LogP contribution in [0.25, 0.3) is 0 Å². The zero-order valence-corrected chi connectivity index (χ0v) is 21.6. The Labute approximate surface area is 191 Å². The molecular weight excluding hydrogens is 423 g/mol. The molecule has 5 nitrogen and oxygen atoms in total. The van der Waals surface area contributed by atoms with Crippen LogP contribution in [-0.2, 0) is 9.98 Å². The van der Waals surface area contributed by atoms with Gasteiger partial charge in [-0.2, -0.15) is 0 Å². The van der Waals surface area contributed by atoms with Crippen molar-refractivity contribution in [3.63, 3.8) is 0 Å². The molecule has 2 aromatic rings. The van der Waals surface area contributed by atoms with E-state index in [4.69, 9.17) is 9.47 Å². The maximum Gasteiger partial charge on any atom is 0.236 e. The standard InChI is InChI=1S/C26H35O5P/c1-16(2)15-32(29,25(28)23-20(30-8)11-10-12-21(23)31-9)24(27)22-17(3)13-19(14-18(22)4)26(5,6)7/h10-14,16H,15H2,1-9H3. The summed E-state index contributed by atoms with van der Waals surface area (Å²) in [5, 5.41) is 0. The molecular formula is C26H35O5P. The molecule has 0 fully saturated rings. The molecule has 0 spiro atoms. The summed E-state index contributed by atoms with van der Waals surface area (Å²) < 4.78 is 25.1. The van der Waals surface area contributed by atoms with Gasteiger partial charge in [-0.15, -0.1) is 0 Å². The second-order valence-electron chi connectivity index (χ2n) is 9.70. The fourth-order valence-electron chi connectivity index (χ4n) is 3.93. The van der Waals surface area contributed by atoms with Gasteiger partial charge < -0.3 is 14.0 Å². The zero-order chi connectivity index (χ0) is 24.4. The molecule has 0 aliphatic carbocycles. The number of rotatable bonds is 8. The average Bonchev–Trinajstić information content (AvgIpc) is 2.70. The highest BCUT2D eigenvalue weighted by Crippen LogP contribution is 2.56. The van der Waals surface area contributed by atoms with E-state index in [2.05, 4.69) is 20.8 Å². The summed E-state index contributed by atoms with van der Waals surface area (Å²) in [6.45, 7) is 13.7. The lowest BCUT2D eigenvalue weighted by Gasteiger charge is -2.24. The molecule has 0 aliphatic heterocycles. The molecule has 0 saturated heterocycles. The second kappa shape index (κ2) is 9.62. The van der Waals surface area contributed by atoms with Crippen molar-refractivity contribution >= 4 is 18.2 Å². The topological polar surface area (TPSA) is 69.7 Å². The summed E-state index contributed by atoms with van der Waals surface area (Å²) >= 11 is 0. The number of aryl methyl sites for hydroxylation is 2. The molecule has 1 unspecified atom stereocenters. The predicted molar refractivity (Wildman–Crippen MR) is 130 cm³/mol. The lowest BCUT2D eigenvalue weighted by molar-refractivity contribution is 0.103. The number of benzene rings is 2. The number of carbonyl (C=O) groups is 2. The van der Waals surface area contributed by atoms with E-state index in [1.165, 1.54) is 14.2 Å². The van der Waals surface area contributed by atoms with Crippen LogP contribution in [0.1, 0.15) is 72.0 Å². The quantitative estimate of drug-likeness (QED) is 0.416. The highest BCUT2D eigenvalue weighted by atomic mass is 31.2. The van der Waals surface area contributed by atoms with Crippen molar-refractivity contribution in [2.75, 3.05) is 20.4 Å². The van der Waals surface area contributed by atoms with Gasteiger partial charge >= 0.3 is 0 Å². The molecule has 6 heteroatoms. The van der Waals surface area contributed by atoms with Crippen LogP contribution in [0, 0.1) is 19.8 Å². The second-order valence-corrected chi connectivity index (χ2v) is 12.4. The van der Waals surface area contributed by atoms with Crippen molar-refractivity contribution in [3.8, 4) is 11.5 Å². The van der Waals surface area contributed by atoms with Crippen LogP contribution in [0.15, 0.2) is 30.3 Å². The van der Waals surface area contributed by atoms with Gasteiger partial charge in [-0.1, -0.05) is 52.8 Å². The Kier molecular flexibility index (Phi) is 7.78. The van der Waals surface area contributed by atoms with Crippen LogP contribution in [0.4, 0.5) is 0 Å². The minimum Gasteiger partial charge on any atom is -0.496 e. The Balaban J connectivity index is 2.74. The van der Waals surface area contributed by atoms with Crippen molar-refractivity contribution in [1.82, 2.24) is 0 Å². The molecule has 2 rings (SSSR count). The molecule has 0 N–H and O–H groups in total. The van der Waals surface area contributed by atoms with E-state index in [0.717, 1.165) is 16.7 Å². The summed E-state index contributed by atoms with van der Waals surface area (Å²) in [6, 6.07) is 8.80. The number of ether oxygens (including phenoxy) is 2. The molecule has 0 radical (unpaired) electrons. The third kappa shape index (κ3) is 4.99. The number of methoxy groups -OCH3 is 2. The highest BCUT2D eigenvalue weighted by Gasteiger charge is 2.44.